The molecule has 2 N–H and O–H groups in total. The molecule has 0 atom stereocenters. The molecule has 0 aliphatic carbocycles. The van der Waals surface area contributed by atoms with Crippen LogP contribution in [0.25, 0.3) is 0 Å². The summed E-state index contributed by atoms with van der Waals surface area (Å²) in [7, 11) is 0. The molecule has 7 heteroatoms. The van der Waals surface area contributed by atoms with Gasteiger partial charge >= 0.3 is 12.1 Å². The Bertz CT molecular complexity index is 624. The number of carboxylic acid groups (broad SMARTS) is 1. The summed E-state index contributed by atoms with van der Waals surface area (Å²) in [5.74, 6) is -0.658. The van der Waals surface area contributed by atoms with Gasteiger partial charge in [-0.25, -0.2) is 9.59 Å². The van der Waals surface area contributed by atoms with Crippen molar-refractivity contribution in [2.75, 3.05) is 6.54 Å². The quantitative estimate of drug-likeness (QED) is 0.761. The zero-order valence-corrected chi connectivity index (χ0v) is 11.8. The Morgan fingerprint density at radius 3 is 2.73 bits per heavy atom. The number of aryl methyl sites for hydroxylation is 1. The molecule has 0 aliphatic rings. The Morgan fingerprint density at radius 2 is 2.05 bits per heavy atom. The summed E-state index contributed by atoms with van der Waals surface area (Å²) in [6, 6.07) is 10.8. The third kappa shape index (κ3) is 4.93. The molecule has 2 rings (SSSR count). The summed E-state index contributed by atoms with van der Waals surface area (Å²) in [4.78, 5) is 22.1. The third-order valence-corrected chi connectivity index (χ3v) is 2.86. The highest BCUT2D eigenvalue weighted by molar-refractivity contribution is 5.85. The monoisotopic (exact) mass is 304 g/mol. The lowest BCUT2D eigenvalue weighted by Crippen LogP contribution is -2.25. The molecule has 0 spiro atoms. The van der Waals surface area contributed by atoms with Crippen LogP contribution in [-0.4, -0.2) is 28.9 Å². The highest BCUT2D eigenvalue weighted by Crippen LogP contribution is 2.06. The average molecular weight is 304 g/mol. The van der Waals surface area contributed by atoms with E-state index in [0.717, 1.165) is 5.56 Å². The highest BCUT2D eigenvalue weighted by atomic mass is 16.5. The van der Waals surface area contributed by atoms with E-state index in [-0.39, 0.29) is 12.3 Å². The molecule has 7 nitrogen and oxygen atoms in total. The van der Waals surface area contributed by atoms with Crippen molar-refractivity contribution in [1.29, 1.82) is 0 Å². The second-order valence-electron chi connectivity index (χ2n) is 4.58. The van der Waals surface area contributed by atoms with Gasteiger partial charge in [-0.05, 0) is 12.0 Å². The number of aromatic nitrogens is 1. The van der Waals surface area contributed by atoms with E-state index < -0.39 is 12.1 Å². The second kappa shape index (κ2) is 7.82. The second-order valence-corrected chi connectivity index (χ2v) is 4.58. The molecule has 0 radical (unpaired) electrons. The Labute approximate surface area is 126 Å². The maximum Gasteiger partial charge on any atom is 0.407 e. The molecule has 116 valence electrons. The van der Waals surface area contributed by atoms with E-state index in [2.05, 4.69) is 10.5 Å². The summed E-state index contributed by atoms with van der Waals surface area (Å²) in [5.41, 5.74) is 0.797. The lowest BCUT2D eigenvalue weighted by atomic mass is 10.2. The number of hydrogen-bond donors (Lipinski definition) is 2. The number of rotatable bonds is 7. The van der Waals surface area contributed by atoms with Gasteiger partial charge in [0, 0.05) is 19.0 Å². The molecule has 0 saturated carbocycles. The van der Waals surface area contributed by atoms with Crippen LogP contribution in [0.2, 0.25) is 0 Å². The molecule has 0 unspecified atom stereocenters. The largest absolute Gasteiger partial charge is 0.476 e. The first-order chi connectivity index (χ1) is 10.6. The topological polar surface area (TPSA) is 102 Å². The number of aromatic carboxylic acids is 1. The first-order valence-electron chi connectivity index (χ1n) is 6.78. The Kier molecular flexibility index (Phi) is 5.53. The Morgan fingerprint density at radius 1 is 1.27 bits per heavy atom. The van der Waals surface area contributed by atoms with E-state index in [1.165, 1.54) is 6.07 Å². The van der Waals surface area contributed by atoms with Gasteiger partial charge in [-0.15, -0.1) is 0 Å². The van der Waals surface area contributed by atoms with E-state index >= 15 is 0 Å². The van der Waals surface area contributed by atoms with Crippen molar-refractivity contribution < 1.29 is 24.0 Å². The van der Waals surface area contributed by atoms with Crippen molar-refractivity contribution in [2.24, 2.45) is 0 Å². The van der Waals surface area contributed by atoms with Gasteiger partial charge in [-0.2, -0.15) is 0 Å². The van der Waals surface area contributed by atoms with Crippen LogP contribution in [-0.2, 0) is 17.8 Å². The summed E-state index contributed by atoms with van der Waals surface area (Å²) < 4.78 is 9.92. The maximum absolute atomic E-state index is 11.5. The van der Waals surface area contributed by atoms with Crippen molar-refractivity contribution in [2.45, 2.75) is 19.4 Å². The third-order valence-electron chi connectivity index (χ3n) is 2.86. The van der Waals surface area contributed by atoms with E-state index in [1.807, 2.05) is 30.3 Å². The van der Waals surface area contributed by atoms with Crippen molar-refractivity contribution in [3.63, 3.8) is 0 Å². The van der Waals surface area contributed by atoms with Crippen LogP contribution in [0.1, 0.15) is 28.2 Å². The van der Waals surface area contributed by atoms with Crippen LogP contribution in [0.4, 0.5) is 4.79 Å². The van der Waals surface area contributed by atoms with Gasteiger partial charge in [0.15, 0.2) is 5.69 Å². The van der Waals surface area contributed by atoms with Crippen LogP contribution < -0.4 is 5.32 Å². The number of hydrogen-bond acceptors (Lipinski definition) is 5. The average Bonchev–Trinajstić information content (AvgIpc) is 3.00. The standard InChI is InChI=1S/C15H16N2O5/c18-14(19)13-9-12(22-17-13)7-4-8-16-15(20)21-10-11-5-2-1-3-6-11/h1-3,5-6,9H,4,7-8,10H2,(H,16,20)(H,18,19). The number of carbonyl (C=O) groups is 2. The summed E-state index contributed by atoms with van der Waals surface area (Å²) >= 11 is 0. The number of carboxylic acids is 1. The molecular formula is C15H16N2O5. The smallest absolute Gasteiger partial charge is 0.407 e. The van der Waals surface area contributed by atoms with Gasteiger partial charge in [0.05, 0.1) is 0 Å². The normalized spacial score (nSPS) is 10.2. The first kappa shape index (κ1) is 15.6. The molecule has 0 aliphatic heterocycles. The van der Waals surface area contributed by atoms with E-state index in [4.69, 9.17) is 14.4 Å². The molecule has 1 aromatic heterocycles. The predicted molar refractivity (Wildman–Crippen MR) is 76.4 cm³/mol. The van der Waals surface area contributed by atoms with Crippen LogP contribution in [0.3, 0.4) is 0 Å². The summed E-state index contributed by atoms with van der Waals surface area (Å²) in [5, 5.41) is 14.7. The van der Waals surface area contributed by atoms with Crippen molar-refractivity contribution in [1.82, 2.24) is 10.5 Å². The fourth-order valence-electron chi connectivity index (χ4n) is 1.76. The number of alkyl carbamates (subject to hydrolysis) is 1. The number of nitrogens with one attached hydrogen (secondary N) is 1. The zero-order chi connectivity index (χ0) is 15.8. The fourth-order valence-corrected chi connectivity index (χ4v) is 1.76. The molecule has 1 heterocycles. The molecule has 22 heavy (non-hydrogen) atoms. The molecule has 0 bridgehead atoms. The lowest BCUT2D eigenvalue weighted by molar-refractivity contribution is 0.0685. The van der Waals surface area contributed by atoms with E-state index in [0.29, 0.717) is 25.1 Å². The fraction of sp³-hybridized carbons (Fsp3) is 0.267. The lowest BCUT2D eigenvalue weighted by Gasteiger charge is -2.06. The first-order valence-corrected chi connectivity index (χ1v) is 6.78. The van der Waals surface area contributed by atoms with Gasteiger partial charge in [0.2, 0.25) is 0 Å². The van der Waals surface area contributed by atoms with Gasteiger partial charge in [-0.1, -0.05) is 35.5 Å². The number of benzene rings is 1. The summed E-state index contributed by atoms with van der Waals surface area (Å²) in [6.45, 7) is 0.619. The van der Waals surface area contributed by atoms with Crippen LogP contribution in [0, 0.1) is 0 Å². The van der Waals surface area contributed by atoms with Crippen molar-refractivity contribution in [3.05, 3.63) is 53.4 Å². The van der Waals surface area contributed by atoms with Crippen LogP contribution >= 0.6 is 0 Å². The van der Waals surface area contributed by atoms with E-state index in [1.54, 1.807) is 0 Å². The van der Waals surface area contributed by atoms with Crippen molar-refractivity contribution >= 4 is 12.1 Å². The highest BCUT2D eigenvalue weighted by Gasteiger charge is 2.10. The minimum Gasteiger partial charge on any atom is -0.476 e. The Balaban J connectivity index is 1.61. The summed E-state index contributed by atoms with van der Waals surface area (Å²) in [6.07, 6.45) is 0.584. The molecule has 1 aromatic carbocycles. The Hall–Kier alpha value is -2.83. The minimum atomic E-state index is -1.13. The molecule has 0 saturated heterocycles. The predicted octanol–water partition coefficient (Wildman–Crippen LogP) is 2.23. The maximum atomic E-state index is 11.5. The number of carbonyl (C=O) groups excluding carboxylic acids is 1. The molecule has 0 fully saturated rings. The van der Waals surface area contributed by atoms with Gasteiger partial charge in [0.1, 0.15) is 12.4 Å². The molecular weight excluding hydrogens is 288 g/mol. The number of amides is 1. The SMILES string of the molecule is O=C(NCCCc1cc(C(=O)O)no1)OCc1ccccc1. The van der Waals surface area contributed by atoms with Gasteiger partial charge in [0.25, 0.3) is 0 Å². The van der Waals surface area contributed by atoms with E-state index in [9.17, 15) is 9.59 Å². The number of ether oxygens (including phenoxy) is 1. The van der Waals surface area contributed by atoms with Crippen LogP contribution in [0.5, 0.6) is 0 Å². The molecule has 1 amide bonds. The van der Waals surface area contributed by atoms with Crippen molar-refractivity contribution in [3.8, 4) is 0 Å². The molecule has 2 aromatic rings. The zero-order valence-electron chi connectivity index (χ0n) is 11.8. The van der Waals surface area contributed by atoms with Gasteiger partial charge < -0.3 is 19.7 Å². The number of nitrogens with zero attached hydrogens (tertiary/aromatic N) is 1. The van der Waals surface area contributed by atoms with Crippen LogP contribution in [0.15, 0.2) is 40.9 Å². The van der Waals surface area contributed by atoms with Gasteiger partial charge in [-0.3, -0.25) is 0 Å². The minimum absolute atomic E-state index is 0.120.